The highest BCUT2D eigenvalue weighted by atomic mass is 79.9. The van der Waals surface area contributed by atoms with Crippen LogP contribution in [-0.2, 0) is 15.7 Å². The number of aromatic nitrogens is 3. The average molecular weight is 652 g/mol. The van der Waals surface area contributed by atoms with Crippen LogP contribution in [0.3, 0.4) is 0 Å². The van der Waals surface area contributed by atoms with Crippen LogP contribution >= 0.6 is 23.1 Å². The Morgan fingerprint density at radius 3 is 2.55 bits per heavy atom. The molecule has 1 aliphatic heterocycles. The van der Waals surface area contributed by atoms with Crippen molar-refractivity contribution in [1.29, 1.82) is 0 Å². The largest absolute Gasteiger partial charge is 0.495 e. The van der Waals surface area contributed by atoms with Gasteiger partial charge >= 0.3 is 0 Å². The van der Waals surface area contributed by atoms with Gasteiger partial charge in [0.1, 0.15) is 18.7 Å². The van der Waals surface area contributed by atoms with Crippen LogP contribution in [0.5, 0.6) is 5.75 Å². The van der Waals surface area contributed by atoms with E-state index >= 15 is 0 Å². The maximum atomic E-state index is 13.6. The zero-order valence-corrected chi connectivity index (χ0v) is 26.9. The molecule has 1 saturated carbocycles. The Morgan fingerprint density at radius 2 is 1.86 bits per heavy atom. The van der Waals surface area contributed by atoms with Crippen LogP contribution in [0.4, 0.5) is 28.8 Å². The molecular weight excluding hydrogens is 615 g/mol. The predicted molar refractivity (Wildman–Crippen MR) is 175 cm³/mol. The molecule has 1 saturated heterocycles. The van der Waals surface area contributed by atoms with Crippen molar-refractivity contribution in [3.63, 3.8) is 0 Å². The lowest BCUT2D eigenvalue weighted by molar-refractivity contribution is 0.122. The topological polar surface area (TPSA) is 102 Å². The lowest BCUT2D eigenvalue weighted by Gasteiger charge is -2.31. The minimum absolute atomic E-state index is 0.436. The number of ether oxygens (including phenoxy) is 2. The number of pyridine rings is 1. The number of hydrogen-bond acceptors (Lipinski definition) is 9. The van der Waals surface area contributed by atoms with E-state index in [1.165, 1.54) is 12.8 Å². The van der Waals surface area contributed by atoms with Gasteiger partial charge in [0.15, 0.2) is 0 Å². The fourth-order valence-corrected chi connectivity index (χ4v) is 7.26. The normalized spacial score (nSPS) is 15.6. The molecule has 2 aromatic heterocycles. The van der Waals surface area contributed by atoms with Gasteiger partial charge in [0.2, 0.25) is 5.95 Å². The molecular formula is C31H36BrN6O3P. The molecule has 0 atom stereocenters. The summed E-state index contributed by atoms with van der Waals surface area (Å²) in [5.41, 5.74) is 5.81. The zero-order chi connectivity index (χ0) is 29.4. The number of anilines is 5. The standard InChI is InChI=1S/C31H36BrN6O3P/c1-5-19-16-27(38-12-14-41-15-13-38)28(40-2)17-26(19)36-31-33-18-22(32)30(37-31)35-25-11-10-24-21(29(25)42(3,4)39)8-9-23(34-24)20-6-7-20/h8-11,16-18,20H,5-7,12-15H2,1-4H3,(H2,33,35,36,37). The highest BCUT2D eigenvalue weighted by molar-refractivity contribution is 9.10. The van der Waals surface area contributed by atoms with E-state index in [0.717, 1.165) is 69.8 Å². The van der Waals surface area contributed by atoms with Gasteiger partial charge in [-0.05, 0) is 78.4 Å². The number of fused-ring (bicyclic) bond motifs is 1. The van der Waals surface area contributed by atoms with E-state index in [0.29, 0.717) is 35.4 Å². The molecule has 11 heteroatoms. The molecule has 0 spiro atoms. The van der Waals surface area contributed by atoms with Crippen LogP contribution < -0.4 is 25.6 Å². The van der Waals surface area contributed by atoms with Crippen molar-refractivity contribution < 1.29 is 14.0 Å². The second-order valence-electron chi connectivity index (χ2n) is 11.2. The summed E-state index contributed by atoms with van der Waals surface area (Å²) in [5.74, 6) is 2.34. The highest BCUT2D eigenvalue weighted by Gasteiger charge is 2.27. The van der Waals surface area contributed by atoms with Gasteiger partial charge in [0.05, 0.1) is 41.7 Å². The van der Waals surface area contributed by atoms with Crippen LogP contribution in [0.25, 0.3) is 10.9 Å². The summed E-state index contributed by atoms with van der Waals surface area (Å²) in [5, 5.41) is 8.52. The summed E-state index contributed by atoms with van der Waals surface area (Å²) in [7, 11) is -0.991. The zero-order valence-electron chi connectivity index (χ0n) is 24.4. The maximum absolute atomic E-state index is 13.6. The van der Waals surface area contributed by atoms with Crippen molar-refractivity contribution in [2.45, 2.75) is 32.1 Å². The number of hydrogen-bond donors (Lipinski definition) is 2. The lowest BCUT2D eigenvalue weighted by Crippen LogP contribution is -2.36. The summed E-state index contributed by atoms with van der Waals surface area (Å²) in [6.07, 6.45) is 4.91. The number of rotatable bonds is 9. The fourth-order valence-electron chi connectivity index (χ4n) is 5.49. The number of nitrogens with one attached hydrogen (secondary N) is 2. The van der Waals surface area contributed by atoms with E-state index in [1.54, 1.807) is 26.6 Å². The molecule has 2 N–H and O–H groups in total. The first-order valence-electron chi connectivity index (χ1n) is 14.3. The number of morpholine rings is 1. The minimum atomic E-state index is -2.68. The Balaban J connectivity index is 1.32. The van der Waals surface area contributed by atoms with E-state index < -0.39 is 7.14 Å². The average Bonchev–Trinajstić information content (AvgIpc) is 3.84. The van der Waals surface area contributed by atoms with Gasteiger partial charge in [-0.25, -0.2) is 4.98 Å². The molecule has 0 amide bonds. The number of aryl methyl sites for hydroxylation is 1. The van der Waals surface area contributed by atoms with Gasteiger partial charge in [0.25, 0.3) is 0 Å². The predicted octanol–water partition coefficient (Wildman–Crippen LogP) is 6.81. The molecule has 4 aromatic rings. The van der Waals surface area contributed by atoms with E-state index in [4.69, 9.17) is 19.4 Å². The van der Waals surface area contributed by atoms with Gasteiger partial charge in [-0.2, -0.15) is 4.98 Å². The van der Waals surface area contributed by atoms with E-state index in [9.17, 15) is 4.57 Å². The van der Waals surface area contributed by atoms with Crippen molar-refractivity contribution in [2.24, 2.45) is 0 Å². The molecule has 0 bridgehead atoms. The lowest BCUT2D eigenvalue weighted by atomic mass is 10.1. The quantitative estimate of drug-likeness (QED) is 0.189. The Labute approximate surface area is 254 Å². The van der Waals surface area contributed by atoms with Crippen LogP contribution in [0.2, 0.25) is 0 Å². The third-order valence-electron chi connectivity index (χ3n) is 7.78. The Kier molecular flexibility index (Phi) is 8.13. The summed E-state index contributed by atoms with van der Waals surface area (Å²) < 4.78 is 25.6. The summed E-state index contributed by atoms with van der Waals surface area (Å²) >= 11 is 3.60. The number of methoxy groups -OCH3 is 1. The van der Waals surface area contributed by atoms with E-state index in [1.807, 2.05) is 18.2 Å². The molecule has 0 unspecified atom stereocenters. The molecule has 42 heavy (non-hydrogen) atoms. The molecule has 9 nitrogen and oxygen atoms in total. The van der Waals surface area contributed by atoms with Crippen molar-refractivity contribution in [1.82, 2.24) is 15.0 Å². The van der Waals surface area contributed by atoms with Crippen molar-refractivity contribution in [3.8, 4) is 5.75 Å². The fraction of sp³-hybridized carbons (Fsp3) is 0.387. The third-order valence-corrected chi connectivity index (χ3v) is 9.92. The molecule has 2 aromatic carbocycles. The molecule has 1 aliphatic carbocycles. The second-order valence-corrected chi connectivity index (χ2v) is 15.2. The number of benzene rings is 2. The molecule has 6 rings (SSSR count). The van der Waals surface area contributed by atoms with Crippen molar-refractivity contribution >= 4 is 68.1 Å². The summed E-state index contributed by atoms with van der Waals surface area (Å²) in [4.78, 5) is 16.5. The van der Waals surface area contributed by atoms with Gasteiger partial charge in [-0.1, -0.05) is 13.0 Å². The summed E-state index contributed by atoms with van der Waals surface area (Å²) in [6.45, 7) is 8.78. The van der Waals surface area contributed by atoms with Crippen molar-refractivity contribution in [3.05, 3.63) is 58.3 Å². The number of halogens is 1. The Morgan fingerprint density at radius 1 is 1.07 bits per heavy atom. The van der Waals surface area contributed by atoms with Gasteiger partial charge in [-0.15, -0.1) is 0 Å². The molecule has 3 heterocycles. The second kappa shape index (κ2) is 11.8. The van der Waals surface area contributed by atoms with E-state index in [2.05, 4.69) is 61.6 Å². The minimum Gasteiger partial charge on any atom is -0.495 e. The van der Waals surface area contributed by atoms with Crippen LogP contribution in [0.15, 0.2) is 47.1 Å². The Hall–Kier alpha value is -3.20. The SMILES string of the molecule is CCc1cc(N2CCOCC2)c(OC)cc1Nc1ncc(Br)c(Nc2ccc3nc(C4CC4)ccc3c2P(C)(C)=O)n1. The first-order valence-corrected chi connectivity index (χ1v) is 17.7. The molecule has 2 aliphatic rings. The molecule has 2 fully saturated rings. The Bertz CT molecular complexity index is 1680. The third kappa shape index (κ3) is 5.98. The van der Waals surface area contributed by atoms with E-state index in [-0.39, 0.29) is 0 Å². The van der Waals surface area contributed by atoms with Crippen LogP contribution in [0, 0.1) is 0 Å². The molecule has 0 radical (unpaired) electrons. The molecule has 220 valence electrons. The van der Waals surface area contributed by atoms with Crippen LogP contribution in [-0.4, -0.2) is 61.7 Å². The highest BCUT2D eigenvalue weighted by Crippen LogP contribution is 2.44. The van der Waals surface area contributed by atoms with Crippen molar-refractivity contribution in [2.75, 3.05) is 62.3 Å². The number of nitrogens with zero attached hydrogens (tertiary/aromatic N) is 4. The van der Waals surface area contributed by atoms with Crippen LogP contribution in [0.1, 0.15) is 36.9 Å². The monoisotopic (exact) mass is 650 g/mol. The summed E-state index contributed by atoms with van der Waals surface area (Å²) in [6, 6.07) is 12.3. The smallest absolute Gasteiger partial charge is 0.229 e. The van der Waals surface area contributed by atoms with Gasteiger partial charge in [0, 0.05) is 53.3 Å². The first kappa shape index (κ1) is 28.9. The maximum Gasteiger partial charge on any atom is 0.229 e. The van der Waals surface area contributed by atoms with Gasteiger partial charge < -0.3 is 29.6 Å². The van der Waals surface area contributed by atoms with Gasteiger partial charge in [-0.3, -0.25) is 4.98 Å². The first-order chi connectivity index (χ1) is 20.2.